The molecule has 0 bridgehead atoms. The zero-order chi connectivity index (χ0) is 20.8. The first-order valence-electron chi connectivity index (χ1n) is 7.92. The zero-order valence-electron chi connectivity index (χ0n) is 14.8. The number of carbonyl (C=O) groups is 1. The van der Waals surface area contributed by atoms with E-state index in [0.717, 1.165) is 18.3 Å². The van der Waals surface area contributed by atoms with Crippen molar-refractivity contribution in [2.45, 2.75) is 6.92 Å². The van der Waals surface area contributed by atoms with Gasteiger partial charge in [0.2, 0.25) is 0 Å². The van der Waals surface area contributed by atoms with Gasteiger partial charge in [0.1, 0.15) is 22.9 Å². The molecule has 0 saturated heterocycles. The molecule has 0 heterocycles. The molecule has 2 aromatic carbocycles. The summed E-state index contributed by atoms with van der Waals surface area (Å²) in [4.78, 5) is 16.2. The monoisotopic (exact) mass is 517 g/mol. The first-order valence-corrected chi connectivity index (χ1v) is 9.50. The first kappa shape index (κ1) is 22.0. The van der Waals surface area contributed by atoms with E-state index in [0.29, 0.717) is 20.8 Å². The molecule has 0 aliphatic heterocycles. The van der Waals surface area contributed by atoms with Crippen LogP contribution in [0, 0.1) is 11.6 Å². The highest BCUT2D eigenvalue weighted by atomic mass is 79.9. The van der Waals surface area contributed by atoms with Crippen LogP contribution in [0.25, 0.3) is 5.76 Å². The molecule has 2 rings (SSSR count). The second kappa shape index (κ2) is 9.79. The Morgan fingerprint density at radius 1 is 1.25 bits per heavy atom. The Balaban J connectivity index is 2.59. The molecule has 0 spiro atoms. The topological polar surface area (TPSA) is 68.1 Å². The van der Waals surface area contributed by atoms with Gasteiger partial charge in [0.15, 0.2) is 5.82 Å². The van der Waals surface area contributed by atoms with Crippen LogP contribution >= 0.6 is 31.9 Å². The molecule has 1 N–H and O–H groups in total. The molecule has 0 amide bonds. The lowest BCUT2D eigenvalue weighted by Gasteiger charge is -2.12. The fourth-order valence-corrected chi connectivity index (χ4v) is 3.64. The molecule has 9 heteroatoms. The van der Waals surface area contributed by atoms with Crippen molar-refractivity contribution in [1.29, 1.82) is 0 Å². The molecule has 28 heavy (non-hydrogen) atoms. The molecule has 2 aromatic rings. The second-order valence-corrected chi connectivity index (χ2v) is 6.93. The van der Waals surface area contributed by atoms with Crippen molar-refractivity contribution in [3.63, 3.8) is 0 Å². The number of ether oxygens (including phenoxy) is 2. The van der Waals surface area contributed by atoms with Crippen LogP contribution in [0.2, 0.25) is 0 Å². The highest BCUT2D eigenvalue weighted by Crippen LogP contribution is 2.38. The molecule has 0 fully saturated rings. The number of carbonyl (C=O) groups excluding carboxylic acids is 1. The highest BCUT2D eigenvalue weighted by molar-refractivity contribution is 9.11. The normalized spacial score (nSPS) is 12.1. The maximum Gasteiger partial charge on any atom is 0.343 e. The van der Waals surface area contributed by atoms with Crippen LogP contribution in [0.3, 0.4) is 0 Å². The van der Waals surface area contributed by atoms with Gasteiger partial charge in [0, 0.05) is 17.8 Å². The standard InChI is InChI=1S/C19H15Br2F2NO4/c1-3-28-19(26)12(9-24-15-7-4-10(22)8-14(15)23)17(25)11-5-6-13(20)18(27-2)16(11)21/h4-9,25H,3H2,1-2H3. The third kappa shape index (κ3) is 4.96. The maximum absolute atomic E-state index is 13.8. The van der Waals surface area contributed by atoms with Gasteiger partial charge in [-0.05, 0) is 63.0 Å². The van der Waals surface area contributed by atoms with Gasteiger partial charge in [-0.3, -0.25) is 4.99 Å². The molecule has 0 radical (unpaired) electrons. The van der Waals surface area contributed by atoms with Crippen LogP contribution in [0.5, 0.6) is 5.75 Å². The summed E-state index contributed by atoms with van der Waals surface area (Å²) < 4.78 is 38.0. The van der Waals surface area contributed by atoms with Gasteiger partial charge in [-0.25, -0.2) is 13.6 Å². The SMILES string of the molecule is CCOC(=O)C(C=Nc1ccc(F)cc1F)=C(O)c1ccc(Br)c(OC)c1Br. The molecule has 0 atom stereocenters. The van der Waals surface area contributed by atoms with E-state index in [4.69, 9.17) is 9.47 Å². The van der Waals surface area contributed by atoms with Crippen molar-refractivity contribution < 1.29 is 28.2 Å². The Bertz CT molecular complexity index is 961. The lowest BCUT2D eigenvalue weighted by Crippen LogP contribution is -2.11. The summed E-state index contributed by atoms with van der Waals surface area (Å²) in [5, 5.41) is 10.7. The number of hydrogen-bond donors (Lipinski definition) is 1. The predicted molar refractivity (Wildman–Crippen MR) is 109 cm³/mol. The minimum atomic E-state index is -0.912. The van der Waals surface area contributed by atoms with E-state index in [-0.39, 0.29) is 23.4 Å². The van der Waals surface area contributed by atoms with Crippen molar-refractivity contribution in [3.8, 4) is 5.75 Å². The molecule has 0 aliphatic rings. The zero-order valence-corrected chi connectivity index (χ0v) is 18.0. The number of benzene rings is 2. The number of aliphatic hydroxyl groups excluding tert-OH is 1. The van der Waals surface area contributed by atoms with Crippen LogP contribution in [-0.4, -0.2) is 31.0 Å². The fourth-order valence-electron chi connectivity index (χ4n) is 2.19. The van der Waals surface area contributed by atoms with Gasteiger partial charge in [-0.2, -0.15) is 0 Å². The molecular weight excluding hydrogens is 504 g/mol. The number of methoxy groups -OCH3 is 1. The summed E-state index contributed by atoms with van der Waals surface area (Å²) in [5.41, 5.74) is -0.284. The summed E-state index contributed by atoms with van der Waals surface area (Å²) in [7, 11) is 1.44. The first-order chi connectivity index (χ1) is 13.3. The third-order valence-corrected chi connectivity index (χ3v) is 4.91. The van der Waals surface area contributed by atoms with E-state index in [9.17, 15) is 18.7 Å². The Hall–Kier alpha value is -2.26. The van der Waals surface area contributed by atoms with Crippen LogP contribution in [0.15, 0.2) is 49.8 Å². The summed E-state index contributed by atoms with van der Waals surface area (Å²) in [6.07, 6.45) is 0.963. The van der Waals surface area contributed by atoms with Crippen molar-refractivity contribution >= 4 is 55.5 Å². The van der Waals surface area contributed by atoms with Crippen LogP contribution in [0.4, 0.5) is 14.5 Å². The molecule has 0 unspecified atom stereocenters. The van der Waals surface area contributed by atoms with Gasteiger partial charge < -0.3 is 14.6 Å². The maximum atomic E-state index is 13.8. The van der Waals surface area contributed by atoms with E-state index in [1.54, 1.807) is 13.0 Å². The Morgan fingerprint density at radius 2 is 1.96 bits per heavy atom. The average molecular weight is 519 g/mol. The molecule has 0 aliphatic carbocycles. The number of aliphatic imine (C=N–C) groups is 1. The molecule has 0 saturated carbocycles. The minimum absolute atomic E-state index is 0.0548. The van der Waals surface area contributed by atoms with Crippen LogP contribution < -0.4 is 4.74 Å². The second-order valence-electron chi connectivity index (χ2n) is 5.28. The van der Waals surface area contributed by atoms with E-state index < -0.39 is 23.4 Å². The van der Waals surface area contributed by atoms with E-state index in [1.807, 2.05) is 0 Å². The van der Waals surface area contributed by atoms with Crippen LogP contribution in [-0.2, 0) is 9.53 Å². The third-order valence-electron chi connectivity index (χ3n) is 3.50. The number of rotatable bonds is 6. The van der Waals surface area contributed by atoms with Gasteiger partial charge in [-0.1, -0.05) is 0 Å². The summed E-state index contributed by atoms with van der Waals surface area (Å²) in [6, 6.07) is 5.96. The number of hydrogen-bond acceptors (Lipinski definition) is 5. The van der Waals surface area contributed by atoms with Gasteiger partial charge >= 0.3 is 5.97 Å². The van der Waals surface area contributed by atoms with Crippen molar-refractivity contribution in [3.05, 3.63) is 62.0 Å². The number of halogens is 4. The number of aliphatic hydroxyl groups is 1. The largest absolute Gasteiger partial charge is 0.506 e. The van der Waals surface area contributed by atoms with Crippen molar-refractivity contribution in [2.75, 3.05) is 13.7 Å². The van der Waals surface area contributed by atoms with Gasteiger partial charge in [0.05, 0.1) is 28.3 Å². The van der Waals surface area contributed by atoms with Crippen molar-refractivity contribution in [2.24, 2.45) is 4.99 Å². The number of nitrogens with zero attached hydrogens (tertiary/aromatic N) is 1. The van der Waals surface area contributed by atoms with Crippen LogP contribution in [0.1, 0.15) is 12.5 Å². The lowest BCUT2D eigenvalue weighted by atomic mass is 10.1. The molecule has 148 valence electrons. The highest BCUT2D eigenvalue weighted by Gasteiger charge is 2.21. The predicted octanol–water partition coefficient (Wildman–Crippen LogP) is 5.73. The molecule has 0 aromatic heterocycles. The number of esters is 1. The lowest BCUT2D eigenvalue weighted by molar-refractivity contribution is -0.137. The van der Waals surface area contributed by atoms with Crippen molar-refractivity contribution in [1.82, 2.24) is 0 Å². The quantitative estimate of drug-likeness (QED) is 0.229. The molecule has 5 nitrogen and oxygen atoms in total. The van der Waals surface area contributed by atoms with E-state index in [1.165, 1.54) is 13.2 Å². The van der Waals surface area contributed by atoms with Gasteiger partial charge in [0.25, 0.3) is 0 Å². The molecular formula is C19H15Br2F2NO4. The van der Waals surface area contributed by atoms with E-state index >= 15 is 0 Å². The summed E-state index contributed by atoms with van der Waals surface area (Å²) >= 11 is 6.63. The Morgan fingerprint density at radius 3 is 2.57 bits per heavy atom. The smallest absolute Gasteiger partial charge is 0.343 e. The summed E-state index contributed by atoms with van der Waals surface area (Å²) in [6.45, 7) is 1.65. The Kier molecular flexibility index (Phi) is 7.70. The summed E-state index contributed by atoms with van der Waals surface area (Å²) in [5.74, 6) is -2.59. The van der Waals surface area contributed by atoms with Gasteiger partial charge in [-0.15, -0.1) is 0 Å². The minimum Gasteiger partial charge on any atom is -0.506 e. The fraction of sp³-hybridized carbons (Fsp3) is 0.158. The van der Waals surface area contributed by atoms with E-state index in [2.05, 4.69) is 36.9 Å². The average Bonchev–Trinajstić information content (AvgIpc) is 2.64. The Labute approximate surface area is 176 Å².